The number of carbonyl (C=O) groups excluding carboxylic acids is 1. The van der Waals surface area contributed by atoms with Crippen molar-refractivity contribution in [2.45, 2.75) is 5.03 Å². The molecule has 0 saturated carbocycles. The van der Waals surface area contributed by atoms with Gasteiger partial charge in [-0.15, -0.1) is 4.36 Å². The third-order valence-corrected chi connectivity index (χ3v) is 6.68. The molecule has 0 saturated heterocycles. The number of sulfonamides is 1. The summed E-state index contributed by atoms with van der Waals surface area (Å²) in [6, 6.07) is 7.07. The molecule has 1 heterocycles. The fourth-order valence-electron chi connectivity index (χ4n) is 1.80. The first-order valence-corrected chi connectivity index (χ1v) is 10.4. The van der Waals surface area contributed by atoms with Crippen molar-refractivity contribution in [3.63, 3.8) is 0 Å². The number of hydrogen-bond donors (Lipinski definition) is 1. The summed E-state index contributed by atoms with van der Waals surface area (Å²) in [6.07, 6.45) is 2.74. The van der Waals surface area contributed by atoms with Gasteiger partial charge in [-0.1, -0.05) is 0 Å². The van der Waals surface area contributed by atoms with Crippen LogP contribution in [0.1, 0.15) is 10.4 Å². The van der Waals surface area contributed by atoms with Crippen LogP contribution in [0, 0.1) is 0 Å². The van der Waals surface area contributed by atoms with Crippen LogP contribution < -0.4 is 4.72 Å². The lowest BCUT2D eigenvalue weighted by Gasteiger charge is -2.11. The van der Waals surface area contributed by atoms with Gasteiger partial charge in [0.05, 0.1) is 6.20 Å². The predicted molar refractivity (Wildman–Crippen MR) is 95.0 cm³/mol. The molecule has 9 nitrogen and oxygen atoms in total. The van der Waals surface area contributed by atoms with Gasteiger partial charge in [0.15, 0.2) is 5.03 Å². The van der Waals surface area contributed by atoms with Crippen molar-refractivity contribution < 1.29 is 17.4 Å². The molecule has 0 aliphatic rings. The SMILES string of the molecule is CN(C)S(C)(=O)=NC(=O)c1ccc(NS(=O)(=O)c2ccnn2C)cc1. The van der Waals surface area contributed by atoms with Crippen LogP contribution in [0.15, 0.2) is 45.9 Å². The number of carbonyl (C=O) groups is 1. The minimum absolute atomic E-state index is 0.0133. The predicted octanol–water partition coefficient (Wildman–Crippen LogP) is 0.935. The van der Waals surface area contributed by atoms with Gasteiger partial charge in [-0.3, -0.25) is 14.2 Å². The van der Waals surface area contributed by atoms with Gasteiger partial charge in [0, 0.05) is 38.6 Å². The Morgan fingerprint density at radius 2 is 1.76 bits per heavy atom. The quantitative estimate of drug-likeness (QED) is 0.823. The van der Waals surface area contributed by atoms with E-state index in [1.807, 2.05) is 0 Å². The van der Waals surface area contributed by atoms with Crippen molar-refractivity contribution in [1.82, 2.24) is 14.1 Å². The summed E-state index contributed by atoms with van der Waals surface area (Å²) in [6.45, 7) is 0. The van der Waals surface area contributed by atoms with Crippen molar-refractivity contribution in [3.05, 3.63) is 42.1 Å². The molecule has 0 aliphatic heterocycles. The second-order valence-electron chi connectivity index (χ2n) is 5.45. The number of nitrogens with one attached hydrogen (secondary N) is 1. The molecular weight excluding hydrogens is 366 g/mol. The Labute approximate surface area is 147 Å². The van der Waals surface area contributed by atoms with Gasteiger partial charge in [-0.05, 0) is 30.3 Å². The average molecular weight is 385 g/mol. The third kappa shape index (κ3) is 4.44. The number of benzene rings is 1. The van der Waals surface area contributed by atoms with E-state index < -0.39 is 25.8 Å². The maximum atomic E-state index is 12.3. The monoisotopic (exact) mass is 385 g/mol. The van der Waals surface area contributed by atoms with Gasteiger partial charge >= 0.3 is 0 Å². The van der Waals surface area contributed by atoms with Gasteiger partial charge in [0.25, 0.3) is 15.9 Å². The molecule has 0 spiro atoms. The molecule has 136 valence electrons. The van der Waals surface area contributed by atoms with E-state index >= 15 is 0 Å². The molecule has 0 fully saturated rings. The Kier molecular flexibility index (Phi) is 5.30. The van der Waals surface area contributed by atoms with Crippen LogP contribution in [-0.2, 0) is 27.0 Å². The molecule has 1 atom stereocenters. The smallest absolute Gasteiger partial charge is 0.278 e. The summed E-state index contributed by atoms with van der Waals surface area (Å²) in [5, 5.41) is 3.83. The molecule has 1 aromatic heterocycles. The first kappa shape index (κ1) is 19.1. The Morgan fingerprint density at radius 3 is 2.24 bits per heavy atom. The van der Waals surface area contributed by atoms with Crippen LogP contribution in [-0.4, -0.2) is 53.0 Å². The third-order valence-electron chi connectivity index (χ3n) is 3.37. The number of hydrogen-bond acceptors (Lipinski definition) is 5. The fraction of sp³-hybridized carbons (Fsp3) is 0.286. The number of anilines is 1. The minimum Gasteiger partial charge on any atom is -0.278 e. The van der Waals surface area contributed by atoms with Crippen molar-refractivity contribution in [3.8, 4) is 0 Å². The Bertz CT molecular complexity index is 1000. The van der Waals surface area contributed by atoms with Crippen molar-refractivity contribution in [2.24, 2.45) is 11.4 Å². The second-order valence-corrected chi connectivity index (χ2v) is 9.51. The zero-order chi connectivity index (χ0) is 18.8. The number of amides is 1. The molecule has 11 heteroatoms. The summed E-state index contributed by atoms with van der Waals surface area (Å²) < 4.78 is 45.3. The topological polar surface area (TPSA) is 114 Å². The van der Waals surface area contributed by atoms with Gasteiger partial charge in [-0.2, -0.15) is 13.5 Å². The van der Waals surface area contributed by atoms with E-state index in [0.717, 1.165) is 0 Å². The van der Waals surface area contributed by atoms with Crippen molar-refractivity contribution in [2.75, 3.05) is 25.1 Å². The zero-order valence-electron chi connectivity index (χ0n) is 14.2. The van der Waals surface area contributed by atoms with Crippen LogP contribution in [0.2, 0.25) is 0 Å². The Balaban J connectivity index is 2.22. The summed E-state index contributed by atoms with van der Waals surface area (Å²) in [4.78, 5) is 12.1. The summed E-state index contributed by atoms with van der Waals surface area (Å²) in [5.74, 6) is -0.637. The van der Waals surface area contributed by atoms with E-state index in [4.69, 9.17) is 0 Å². The highest BCUT2D eigenvalue weighted by Gasteiger charge is 2.18. The maximum Gasteiger partial charge on any atom is 0.286 e. The normalized spacial score (nSPS) is 14.1. The van der Waals surface area contributed by atoms with E-state index in [1.165, 1.54) is 58.8 Å². The number of nitrogens with zero attached hydrogens (tertiary/aromatic N) is 4. The van der Waals surface area contributed by atoms with Crippen LogP contribution in [0.5, 0.6) is 0 Å². The first-order chi connectivity index (χ1) is 11.5. The van der Waals surface area contributed by atoms with Crippen LogP contribution in [0.4, 0.5) is 5.69 Å². The lowest BCUT2D eigenvalue weighted by Crippen LogP contribution is -2.21. The average Bonchev–Trinajstić information content (AvgIpc) is 2.94. The number of aromatic nitrogens is 2. The molecule has 1 N–H and O–H groups in total. The first-order valence-electron chi connectivity index (χ1n) is 7.08. The fourth-order valence-corrected chi connectivity index (χ4v) is 3.56. The molecule has 1 aromatic carbocycles. The highest BCUT2D eigenvalue weighted by molar-refractivity contribution is 7.92. The lowest BCUT2D eigenvalue weighted by atomic mass is 10.2. The van der Waals surface area contributed by atoms with Gasteiger partial charge in [0.2, 0.25) is 0 Å². The molecule has 0 radical (unpaired) electrons. The van der Waals surface area contributed by atoms with Crippen LogP contribution >= 0.6 is 0 Å². The zero-order valence-corrected chi connectivity index (χ0v) is 15.8. The molecule has 0 bridgehead atoms. The molecule has 1 unspecified atom stereocenters. The standard InChI is InChI=1S/C14H19N5O4S2/c1-18(2)24(4,21)17-14(20)11-5-7-12(8-6-11)16-25(22,23)13-9-10-15-19(13)3/h5-10,16H,1-4H3. The van der Waals surface area contributed by atoms with Gasteiger partial charge < -0.3 is 0 Å². The van der Waals surface area contributed by atoms with Crippen molar-refractivity contribution >= 4 is 31.5 Å². The molecule has 1 amide bonds. The second kappa shape index (κ2) is 6.94. The summed E-state index contributed by atoms with van der Waals surface area (Å²) >= 11 is 0. The van der Waals surface area contributed by atoms with E-state index in [2.05, 4.69) is 14.2 Å². The van der Waals surface area contributed by atoms with E-state index in [0.29, 0.717) is 0 Å². The van der Waals surface area contributed by atoms with Crippen molar-refractivity contribution in [1.29, 1.82) is 0 Å². The minimum atomic E-state index is -3.78. The van der Waals surface area contributed by atoms with E-state index in [9.17, 15) is 17.4 Å². The Morgan fingerprint density at radius 1 is 1.16 bits per heavy atom. The van der Waals surface area contributed by atoms with Gasteiger partial charge in [0.1, 0.15) is 9.92 Å². The van der Waals surface area contributed by atoms with E-state index in [1.54, 1.807) is 14.1 Å². The highest BCUT2D eigenvalue weighted by atomic mass is 32.2. The molecule has 2 aromatic rings. The van der Waals surface area contributed by atoms with Gasteiger partial charge in [-0.25, -0.2) is 8.51 Å². The van der Waals surface area contributed by atoms with E-state index in [-0.39, 0.29) is 16.3 Å². The molecule has 0 aliphatic carbocycles. The molecule has 2 rings (SSSR count). The molecular formula is C14H19N5O4S2. The van der Waals surface area contributed by atoms with Crippen LogP contribution in [0.3, 0.4) is 0 Å². The summed E-state index contributed by atoms with van der Waals surface area (Å²) in [7, 11) is -1.92. The number of rotatable bonds is 5. The summed E-state index contributed by atoms with van der Waals surface area (Å²) in [5.41, 5.74) is 0.488. The van der Waals surface area contributed by atoms with Crippen LogP contribution in [0.25, 0.3) is 0 Å². The number of aryl methyl sites for hydroxylation is 1. The Hall–Kier alpha value is -2.24. The maximum absolute atomic E-state index is 12.3. The highest BCUT2D eigenvalue weighted by Crippen LogP contribution is 2.16. The largest absolute Gasteiger partial charge is 0.286 e. The lowest BCUT2D eigenvalue weighted by molar-refractivity contribution is 0.100. The molecule has 25 heavy (non-hydrogen) atoms.